The second-order valence-electron chi connectivity index (χ2n) is 5.54. The molecule has 24 heavy (non-hydrogen) atoms. The number of nitrogens with one attached hydrogen (secondary N) is 2. The van der Waals surface area contributed by atoms with Crippen LogP contribution in [-0.4, -0.2) is 56.4 Å². The molecule has 1 aromatic rings. The van der Waals surface area contributed by atoms with Crippen molar-refractivity contribution in [3.05, 3.63) is 34.4 Å². The number of benzene rings is 1. The molecule has 0 aliphatic carbocycles. The van der Waals surface area contributed by atoms with Crippen molar-refractivity contribution in [1.82, 2.24) is 14.9 Å². The number of piperazine rings is 1. The van der Waals surface area contributed by atoms with E-state index in [1.807, 2.05) is 6.92 Å². The summed E-state index contributed by atoms with van der Waals surface area (Å²) in [7, 11) is -3.80. The Balaban J connectivity index is 1.90. The van der Waals surface area contributed by atoms with Gasteiger partial charge in [0.25, 0.3) is 5.69 Å². The zero-order chi connectivity index (χ0) is 17.7. The normalized spacial score (nSPS) is 18.4. The molecule has 1 fully saturated rings. The molecule has 1 aliphatic heterocycles. The molecule has 1 amide bonds. The van der Waals surface area contributed by atoms with Gasteiger partial charge in [0.15, 0.2) is 0 Å². The van der Waals surface area contributed by atoms with E-state index in [0.29, 0.717) is 6.54 Å². The number of non-ortho nitro benzene ring substituents is 1. The van der Waals surface area contributed by atoms with Gasteiger partial charge in [0.2, 0.25) is 15.9 Å². The molecule has 0 radical (unpaired) electrons. The van der Waals surface area contributed by atoms with E-state index in [-0.39, 0.29) is 35.5 Å². The van der Waals surface area contributed by atoms with Gasteiger partial charge in [-0.15, -0.1) is 0 Å². The number of hydrogen-bond acceptors (Lipinski definition) is 6. The van der Waals surface area contributed by atoms with Crippen LogP contribution in [-0.2, 0) is 14.8 Å². The Kier molecular flexibility index (Phi) is 5.86. The smallest absolute Gasteiger partial charge is 0.269 e. The molecule has 0 bridgehead atoms. The van der Waals surface area contributed by atoms with Gasteiger partial charge in [0.05, 0.1) is 9.82 Å². The summed E-state index contributed by atoms with van der Waals surface area (Å²) in [6, 6.07) is 4.67. The van der Waals surface area contributed by atoms with Crippen LogP contribution in [0.2, 0.25) is 0 Å². The number of rotatable bonds is 6. The van der Waals surface area contributed by atoms with Crippen LogP contribution in [0.1, 0.15) is 13.3 Å². The van der Waals surface area contributed by atoms with Crippen LogP contribution in [0.3, 0.4) is 0 Å². The van der Waals surface area contributed by atoms with E-state index < -0.39 is 14.9 Å². The predicted molar refractivity (Wildman–Crippen MR) is 86.9 cm³/mol. The molecule has 1 saturated heterocycles. The van der Waals surface area contributed by atoms with Crippen molar-refractivity contribution in [3.8, 4) is 0 Å². The predicted octanol–water partition coefficient (Wildman–Crippen LogP) is 0.0835. The molecule has 10 heteroatoms. The highest BCUT2D eigenvalue weighted by molar-refractivity contribution is 7.89. The molecule has 0 spiro atoms. The van der Waals surface area contributed by atoms with Crippen molar-refractivity contribution in [1.29, 1.82) is 0 Å². The van der Waals surface area contributed by atoms with Gasteiger partial charge in [-0.2, -0.15) is 0 Å². The SMILES string of the molecule is C[C@H]1CNCCN1C(=O)CCNS(=O)(=O)c1ccc([N+](=O)[O-])cc1. The molecule has 1 aromatic carbocycles. The van der Waals surface area contributed by atoms with Crippen LogP contribution in [0.15, 0.2) is 29.2 Å². The lowest BCUT2D eigenvalue weighted by Crippen LogP contribution is -2.52. The van der Waals surface area contributed by atoms with E-state index in [9.17, 15) is 23.3 Å². The summed E-state index contributed by atoms with van der Waals surface area (Å²) in [5, 5.41) is 13.8. The maximum absolute atomic E-state index is 12.1. The Morgan fingerprint density at radius 2 is 2.08 bits per heavy atom. The first kappa shape index (κ1) is 18.3. The fraction of sp³-hybridized carbons (Fsp3) is 0.500. The Hall–Kier alpha value is -2.04. The molecule has 132 valence electrons. The summed E-state index contributed by atoms with van der Waals surface area (Å²) in [4.78, 5) is 23.8. The van der Waals surface area contributed by atoms with Crippen LogP contribution in [0.25, 0.3) is 0 Å². The summed E-state index contributed by atoms with van der Waals surface area (Å²) in [5.74, 6) is -0.101. The molecule has 1 aliphatic rings. The number of nitrogens with zero attached hydrogens (tertiary/aromatic N) is 2. The largest absolute Gasteiger partial charge is 0.337 e. The monoisotopic (exact) mass is 356 g/mol. The number of sulfonamides is 1. The molecule has 1 heterocycles. The molecule has 0 aromatic heterocycles. The van der Waals surface area contributed by atoms with Gasteiger partial charge in [-0.05, 0) is 19.1 Å². The number of carbonyl (C=O) groups excluding carboxylic acids is 1. The third-order valence-corrected chi connectivity index (χ3v) is 5.29. The lowest BCUT2D eigenvalue weighted by atomic mass is 10.2. The Morgan fingerprint density at radius 1 is 1.42 bits per heavy atom. The van der Waals surface area contributed by atoms with Crippen molar-refractivity contribution in [2.75, 3.05) is 26.2 Å². The minimum absolute atomic E-state index is 0.0190. The maximum Gasteiger partial charge on any atom is 0.269 e. The summed E-state index contributed by atoms with van der Waals surface area (Å²) in [6.45, 7) is 3.97. The topological polar surface area (TPSA) is 122 Å². The molecule has 9 nitrogen and oxygen atoms in total. The quantitative estimate of drug-likeness (QED) is 0.550. The van der Waals surface area contributed by atoms with E-state index in [1.165, 1.54) is 12.1 Å². The first-order valence-corrected chi connectivity index (χ1v) is 9.04. The van der Waals surface area contributed by atoms with Gasteiger partial charge >= 0.3 is 0 Å². The van der Waals surface area contributed by atoms with E-state index >= 15 is 0 Å². The van der Waals surface area contributed by atoms with Crippen molar-refractivity contribution in [3.63, 3.8) is 0 Å². The average Bonchev–Trinajstić information content (AvgIpc) is 2.55. The number of amides is 1. The van der Waals surface area contributed by atoms with E-state index in [0.717, 1.165) is 25.2 Å². The number of nitro benzene ring substituents is 1. The fourth-order valence-corrected chi connectivity index (χ4v) is 3.51. The lowest BCUT2D eigenvalue weighted by Gasteiger charge is -2.34. The molecule has 0 unspecified atom stereocenters. The van der Waals surface area contributed by atoms with E-state index in [2.05, 4.69) is 10.0 Å². The van der Waals surface area contributed by atoms with Crippen molar-refractivity contribution >= 4 is 21.6 Å². The molecule has 1 atom stereocenters. The van der Waals surface area contributed by atoms with Crippen LogP contribution in [0.5, 0.6) is 0 Å². The number of carbonyl (C=O) groups is 1. The highest BCUT2D eigenvalue weighted by Gasteiger charge is 2.23. The van der Waals surface area contributed by atoms with Crippen LogP contribution < -0.4 is 10.0 Å². The first-order valence-electron chi connectivity index (χ1n) is 7.55. The average molecular weight is 356 g/mol. The van der Waals surface area contributed by atoms with Crippen molar-refractivity contribution in [2.24, 2.45) is 0 Å². The molecule has 2 N–H and O–H groups in total. The molecule has 2 rings (SSSR count). The lowest BCUT2D eigenvalue weighted by molar-refractivity contribution is -0.384. The van der Waals surface area contributed by atoms with Crippen LogP contribution in [0.4, 0.5) is 5.69 Å². The molecular formula is C14H20N4O5S. The van der Waals surface area contributed by atoms with E-state index in [4.69, 9.17) is 0 Å². The van der Waals surface area contributed by atoms with Crippen LogP contribution >= 0.6 is 0 Å². The minimum Gasteiger partial charge on any atom is -0.337 e. The van der Waals surface area contributed by atoms with Crippen molar-refractivity contribution in [2.45, 2.75) is 24.3 Å². The summed E-state index contributed by atoms with van der Waals surface area (Å²) < 4.78 is 26.6. The van der Waals surface area contributed by atoms with Gasteiger partial charge in [-0.25, -0.2) is 13.1 Å². The fourth-order valence-electron chi connectivity index (χ4n) is 2.48. The van der Waals surface area contributed by atoms with Crippen LogP contribution in [0, 0.1) is 10.1 Å². The van der Waals surface area contributed by atoms with E-state index in [1.54, 1.807) is 4.90 Å². The van der Waals surface area contributed by atoms with Gasteiger partial charge in [0, 0.05) is 50.8 Å². The highest BCUT2D eigenvalue weighted by Crippen LogP contribution is 2.15. The van der Waals surface area contributed by atoms with Gasteiger partial charge in [0.1, 0.15) is 0 Å². The highest BCUT2D eigenvalue weighted by atomic mass is 32.2. The second kappa shape index (κ2) is 7.69. The Morgan fingerprint density at radius 3 is 2.67 bits per heavy atom. The second-order valence-corrected chi connectivity index (χ2v) is 7.31. The number of nitro groups is 1. The van der Waals surface area contributed by atoms with Gasteiger partial charge in [-0.1, -0.05) is 0 Å². The van der Waals surface area contributed by atoms with Crippen molar-refractivity contribution < 1.29 is 18.1 Å². The third kappa shape index (κ3) is 4.49. The molecular weight excluding hydrogens is 336 g/mol. The van der Waals surface area contributed by atoms with Gasteiger partial charge < -0.3 is 10.2 Å². The standard InChI is InChI=1S/C14H20N4O5S/c1-11-10-15-8-9-17(11)14(19)6-7-16-24(22,23)13-4-2-12(3-5-13)18(20)21/h2-5,11,15-16H,6-10H2,1H3/t11-/m0/s1. The summed E-state index contributed by atoms with van der Waals surface area (Å²) in [5.41, 5.74) is -0.183. The zero-order valence-electron chi connectivity index (χ0n) is 13.3. The summed E-state index contributed by atoms with van der Waals surface area (Å²) >= 11 is 0. The number of hydrogen-bond donors (Lipinski definition) is 2. The zero-order valence-corrected chi connectivity index (χ0v) is 14.1. The first-order chi connectivity index (χ1) is 11.3. The van der Waals surface area contributed by atoms with Gasteiger partial charge in [-0.3, -0.25) is 14.9 Å². The maximum atomic E-state index is 12.1. The molecule has 0 saturated carbocycles. The Labute approximate surface area is 140 Å². The Bertz CT molecular complexity index is 704. The third-order valence-electron chi connectivity index (χ3n) is 3.81. The minimum atomic E-state index is -3.80. The summed E-state index contributed by atoms with van der Waals surface area (Å²) in [6.07, 6.45) is 0.0660.